The van der Waals surface area contributed by atoms with Crippen LogP contribution in [0.25, 0.3) is 5.69 Å². The molecule has 1 aliphatic rings. The molecule has 0 unspecified atom stereocenters. The van der Waals surface area contributed by atoms with Crippen LogP contribution < -0.4 is 20.3 Å². The van der Waals surface area contributed by atoms with Gasteiger partial charge in [0.2, 0.25) is 5.91 Å². The van der Waals surface area contributed by atoms with Gasteiger partial charge in [-0.3, -0.25) is 9.78 Å². The summed E-state index contributed by atoms with van der Waals surface area (Å²) in [6.45, 7) is 12.2. The highest BCUT2D eigenvalue weighted by molar-refractivity contribution is 7.80. The average Bonchev–Trinajstić information content (AvgIpc) is 3.40. The van der Waals surface area contributed by atoms with Crippen molar-refractivity contribution in [3.8, 4) is 11.4 Å². The number of pyridine rings is 1. The van der Waals surface area contributed by atoms with Crippen molar-refractivity contribution in [2.75, 3.05) is 17.3 Å². The van der Waals surface area contributed by atoms with E-state index in [4.69, 9.17) is 21.9 Å². The number of thiocarbonyl (C=S) groups is 1. The molecule has 4 aromatic rings. The second-order valence-electron chi connectivity index (χ2n) is 11.5. The Morgan fingerprint density at radius 2 is 1.68 bits per heavy atom. The molecule has 0 bridgehead atoms. The number of nitrogens with one attached hydrogen (secondary N) is 2. The molecule has 1 amide bonds. The third-order valence-electron chi connectivity index (χ3n) is 7.81. The molecular formula is C33H37N5O2S. The summed E-state index contributed by atoms with van der Waals surface area (Å²) >= 11 is 6.00. The minimum Gasteiger partial charge on any atom is -0.494 e. The summed E-state index contributed by atoms with van der Waals surface area (Å²) in [7, 11) is 1.61. The summed E-state index contributed by atoms with van der Waals surface area (Å²) in [6.07, 6.45) is 1.82. The van der Waals surface area contributed by atoms with E-state index in [2.05, 4.69) is 65.1 Å². The van der Waals surface area contributed by atoms with Crippen molar-refractivity contribution in [3.05, 3.63) is 101 Å². The number of anilines is 2. The van der Waals surface area contributed by atoms with E-state index in [0.29, 0.717) is 16.5 Å². The minimum absolute atomic E-state index is 0.0843. The highest BCUT2D eigenvalue weighted by Gasteiger charge is 2.43. The van der Waals surface area contributed by atoms with Crippen LogP contribution in [0, 0.1) is 26.2 Å². The Morgan fingerprint density at radius 1 is 0.976 bits per heavy atom. The van der Waals surface area contributed by atoms with Gasteiger partial charge in [0.25, 0.3) is 0 Å². The van der Waals surface area contributed by atoms with Crippen molar-refractivity contribution in [3.63, 3.8) is 0 Å². The molecule has 0 spiro atoms. The van der Waals surface area contributed by atoms with Crippen molar-refractivity contribution >= 4 is 34.6 Å². The molecule has 0 aliphatic carbocycles. The molecule has 1 aliphatic heterocycles. The van der Waals surface area contributed by atoms with Crippen LogP contribution in [0.15, 0.2) is 72.9 Å². The van der Waals surface area contributed by atoms with Crippen molar-refractivity contribution in [2.45, 2.75) is 53.6 Å². The fourth-order valence-corrected chi connectivity index (χ4v) is 5.92. The molecule has 0 radical (unpaired) electrons. The molecule has 1 saturated heterocycles. The Hall–Kier alpha value is -4.17. The van der Waals surface area contributed by atoms with Gasteiger partial charge in [0.15, 0.2) is 5.11 Å². The number of ether oxygens (including phenoxy) is 1. The number of nitrogens with zero attached hydrogens (tertiary/aromatic N) is 3. The molecule has 2 aromatic carbocycles. The number of carbonyl (C=O) groups is 1. The van der Waals surface area contributed by atoms with Crippen molar-refractivity contribution in [1.82, 2.24) is 14.9 Å². The van der Waals surface area contributed by atoms with Gasteiger partial charge in [-0.1, -0.05) is 45.0 Å². The van der Waals surface area contributed by atoms with E-state index in [1.54, 1.807) is 7.11 Å². The average molecular weight is 568 g/mol. The number of para-hydroxylation sites is 1. The quantitative estimate of drug-likeness (QED) is 0.245. The Labute approximate surface area is 247 Å². The lowest BCUT2D eigenvalue weighted by Gasteiger charge is -2.29. The molecular weight excluding hydrogens is 530 g/mol. The van der Waals surface area contributed by atoms with Crippen LogP contribution in [0.2, 0.25) is 0 Å². The van der Waals surface area contributed by atoms with Gasteiger partial charge in [0.05, 0.1) is 30.6 Å². The Kier molecular flexibility index (Phi) is 7.62. The molecule has 1 fully saturated rings. The Morgan fingerprint density at radius 3 is 2.32 bits per heavy atom. The number of aromatic nitrogens is 2. The predicted octanol–water partition coefficient (Wildman–Crippen LogP) is 6.97. The zero-order chi connectivity index (χ0) is 29.5. The maximum absolute atomic E-state index is 12.7. The molecule has 2 atom stereocenters. The zero-order valence-electron chi connectivity index (χ0n) is 24.6. The third kappa shape index (κ3) is 5.20. The lowest BCUT2D eigenvalue weighted by atomic mass is 9.93. The van der Waals surface area contributed by atoms with Gasteiger partial charge in [-0.15, -0.1) is 0 Å². The molecule has 3 heterocycles. The monoisotopic (exact) mass is 567 g/mol. The maximum atomic E-state index is 12.7. The van der Waals surface area contributed by atoms with Crippen LogP contribution in [0.3, 0.4) is 0 Å². The number of carbonyl (C=O) groups excluding carboxylic acids is 1. The van der Waals surface area contributed by atoms with Gasteiger partial charge in [0.1, 0.15) is 5.75 Å². The third-order valence-corrected chi connectivity index (χ3v) is 8.12. The molecule has 0 saturated carbocycles. The van der Waals surface area contributed by atoms with Gasteiger partial charge < -0.3 is 24.8 Å². The molecule has 2 aromatic heterocycles. The summed E-state index contributed by atoms with van der Waals surface area (Å²) in [6, 6.07) is 21.8. The van der Waals surface area contributed by atoms with E-state index < -0.39 is 5.41 Å². The van der Waals surface area contributed by atoms with Crippen LogP contribution >= 0.6 is 12.2 Å². The van der Waals surface area contributed by atoms with E-state index >= 15 is 0 Å². The SMILES string of the molecule is COc1cc(N2C(=S)N[C@H](c3ccccn3)[C@@H]2c2c(C)c(C)n(-c3ccccc3)c2C)ccc1NC(=O)C(C)(C)C. The summed E-state index contributed by atoms with van der Waals surface area (Å²) in [5.41, 5.74) is 7.69. The first-order chi connectivity index (χ1) is 19.5. The van der Waals surface area contributed by atoms with E-state index in [0.717, 1.165) is 22.8 Å². The minimum atomic E-state index is -0.538. The van der Waals surface area contributed by atoms with Gasteiger partial charge >= 0.3 is 0 Å². The fraction of sp³-hybridized carbons (Fsp3) is 0.303. The first kappa shape index (κ1) is 28.4. The summed E-state index contributed by atoms with van der Waals surface area (Å²) in [5.74, 6) is 0.480. The molecule has 7 nitrogen and oxygen atoms in total. The highest BCUT2D eigenvalue weighted by atomic mass is 32.1. The van der Waals surface area contributed by atoms with Gasteiger partial charge in [-0.05, 0) is 75.0 Å². The zero-order valence-corrected chi connectivity index (χ0v) is 25.5. The van der Waals surface area contributed by atoms with Crippen LogP contribution in [0.4, 0.5) is 11.4 Å². The molecule has 2 N–H and O–H groups in total. The largest absolute Gasteiger partial charge is 0.494 e. The number of amides is 1. The van der Waals surface area contributed by atoms with Gasteiger partial charge in [-0.2, -0.15) is 0 Å². The number of rotatable bonds is 6. The highest BCUT2D eigenvalue weighted by Crippen LogP contribution is 2.46. The number of methoxy groups -OCH3 is 1. The van der Waals surface area contributed by atoms with Crippen molar-refractivity contribution in [1.29, 1.82) is 0 Å². The molecule has 41 heavy (non-hydrogen) atoms. The summed E-state index contributed by atoms with van der Waals surface area (Å²) in [5, 5.41) is 7.18. The first-order valence-electron chi connectivity index (χ1n) is 13.8. The second kappa shape index (κ2) is 11.0. The van der Waals surface area contributed by atoms with Gasteiger partial charge in [-0.25, -0.2) is 0 Å². The molecule has 212 valence electrons. The molecule has 5 rings (SSSR count). The lowest BCUT2D eigenvalue weighted by Crippen LogP contribution is -2.30. The smallest absolute Gasteiger partial charge is 0.229 e. The van der Waals surface area contributed by atoms with Crippen LogP contribution in [0.1, 0.15) is 61.1 Å². The van der Waals surface area contributed by atoms with Crippen molar-refractivity contribution < 1.29 is 9.53 Å². The lowest BCUT2D eigenvalue weighted by molar-refractivity contribution is -0.123. The van der Waals surface area contributed by atoms with Gasteiger partial charge in [0, 0.05) is 46.0 Å². The van der Waals surface area contributed by atoms with Crippen LogP contribution in [0.5, 0.6) is 5.75 Å². The van der Waals surface area contributed by atoms with Crippen LogP contribution in [-0.4, -0.2) is 27.7 Å². The first-order valence-corrected chi connectivity index (χ1v) is 14.2. The topological polar surface area (TPSA) is 71.4 Å². The van der Waals surface area contributed by atoms with E-state index in [9.17, 15) is 4.79 Å². The van der Waals surface area contributed by atoms with E-state index in [-0.39, 0.29) is 18.0 Å². The predicted molar refractivity (Wildman–Crippen MR) is 169 cm³/mol. The molecule has 8 heteroatoms. The Balaban J connectivity index is 1.66. The van der Waals surface area contributed by atoms with Crippen LogP contribution in [-0.2, 0) is 4.79 Å². The standard InChI is InChI=1S/C33H37N5O2S/c1-20-21(2)37(23-13-9-8-10-14-23)22(3)28(20)30-29(26-15-11-12-18-34-26)36-32(41)38(30)24-16-17-25(27(19-24)40-7)35-31(39)33(4,5)6/h8-19,29-30H,1-7H3,(H,35,39)(H,36,41)/t29-,30+/m1/s1. The van der Waals surface area contributed by atoms with Crippen molar-refractivity contribution in [2.24, 2.45) is 5.41 Å². The summed E-state index contributed by atoms with van der Waals surface area (Å²) < 4.78 is 8.06. The Bertz CT molecular complexity index is 1590. The van der Waals surface area contributed by atoms with E-state index in [1.165, 1.54) is 16.8 Å². The second-order valence-corrected chi connectivity index (χ2v) is 11.9. The van der Waals surface area contributed by atoms with E-state index in [1.807, 2.05) is 69.4 Å². The summed E-state index contributed by atoms with van der Waals surface area (Å²) in [4.78, 5) is 19.6. The maximum Gasteiger partial charge on any atom is 0.229 e. The number of hydrogen-bond donors (Lipinski definition) is 2. The fourth-order valence-electron chi connectivity index (χ4n) is 5.58. The normalized spacial score (nSPS) is 17.0. The number of hydrogen-bond acceptors (Lipinski definition) is 4. The number of benzene rings is 2.